The summed E-state index contributed by atoms with van der Waals surface area (Å²) in [7, 11) is 0. The van der Waals surface area contributed by atoms with Gasteiger partial charge < -0.3 is 22.0 Å². The molecule has 6 nitrogen and oxygen atoms in total. The molecule has 1 unspecified atom stereocenters. The Kier molecular flexibility index (Phi) is 8.46. The topological polar surface area (TPSA) is 120 Å². The summed E-state index contributed by atoms with van der Waals surface area (Å²) in [5, 5.41) is 3.05. The molecular weight excluding hydrogens is 206 g/mol. The number of nitrogens with zero attached hydrogens (tertiary/aromatic N) is 1. The van der Waals surface area contributed by atoms with E-state index in [-0.39, 0.29) is 18.2 Å². The van der Waals surface area contributed by atoms with E-state index in [9.17, 15) is 4.79 Å². The maximum atomic E-state index is 10.8. The Morgan fingerprint density at radius 2 is 2.12 bits per heavy atom. The van der Waals surface area contributed by atoms with Crippen LogP contribution in [0.5, 0.6) is 0 Å². The van der Waals surface area contributed by atoms with Crippen LogP contribution >= 0.6 is 0 Å². The van der Waals surface area contributed by atoms with Crippen molar-refractivity contribution in [2.75, 3.05) is 6.54 Å². The second kappa shape index (κ2) is 9.11. The molecule has 0 bridgehead atoms. The predicted molar refractivity (Wildman–Crippen MR) is 65.8 cm³/mol. The van der Waals surface area contributed by atoms with Crippen molar-refractivity contribution in [1.29, 1.82) is 0 Å². The van der Waals surface area contributed by atoms with Gasteiger partial charge in [0, 0.05) is 6.54 Å². The second-order valence-electron chi connectivity index (χ2n) is 3.75. The number of carbonyl (C=O) groups is 1. The van der Waals surface area contributed by atoms with E-state index < -0.39 is 0 Å². The molecule has 2 atom stereocenters. The summed E-state index contributed by atoms with van der Waals surface area (Å²) >= 11 is 0. The third kappa shape index (κ3) is 8.19. The lowest BCUT2D eigenvalue weighted by molar-refractivity contribution is -0.109. The summed E-state index contributed by atoms with van der Waals surface area (Å²) in [6.45, 7) is 2.59. The lowest BCUT2D eigenvalue weighted by Crippen LogP contribution is -2.44. The van der Waals surface area contributed by atoms with Crippen molar-refractivity contribution in [3.05, 3.63) is 0 Å². The third-order valence-electron chi connectivity index (χ3n) is 2.16. The highest BCUT2D eigenvalue weighted by molar-refractivity contribution is 5.75. The fraction of sp³-hybridized carbons (Fsp3) is 0.800. The molecule has 0 aliphatic carbocycles. The van der Waals surface area contributed by atoms with Crippen molar-refractivity contribution in [1.82, 2.24) is 5.32 Å². The minimum Gasteiger partial charge on any atom is -0.370 e. The molecule has 0 aromatic carbocycles. The lowest BCUT2D eigenvalue weighted by atomic mass is 10.1. The molecular formula is C10H23N5O. The van der Waals surface area contributed by atoms with Crippen molar-refractivity contribution < 1.29 is 4.79 Å². The maximum absolute atomic E-state index is 10.8. The predicted octanol–water partition coefficient (Wildman–Crippen LogP) is -0.718. The van der Waals surface area contributed by atoms with Crippen LogP contribution in [0.2, 0.25) is 0 Å². The summed E-state index contributed by atoms with van der Waals surface area (Å²) in [5.41, 5.74) is 16.1. The highest BCUT2D eigenvalue weighted by Crippen LogP contribution is 1.98. The van der Waals surface area contributed by atoms with Gasteiger partial charge in [-0.3, -0.25) is 10.3 Å². The van der Waals surface area contributed by atoms with Gasteiger partial charge in [-0.2, -0.15) is 0 Å². The Balaban J connectivity index is 3.74. The molecule has 0 aromatic heterocycles. The number of aliphatic imine (C=N–C) groups is 1. The summed E-state index contributed by atoms with van der Waals surface area (Å²) in [4.78, 5) is 14.6. The Labute approximate surface area is 96.7 Å². The number of guanidine groups is 1. The molecule has 0 spiro atoms. The van der Waals surface area contributed by atoms with Crippen LogP contribution in [0, 0.1) is 0 Å². The minimum atomic E-state index is -0.212. The third-order valence-corrected chi connectivity index (χ3v) is 2.16. The van der Waals surface area contributed by atoms with E-state index in [2.05, 4.69) is 17.2 Å². The van der Waals surface area contributed by atoms with Crippen molar-refractivity contribution >= 4 is 12.2 Å². The Hall–Kier alpha value is -1.14. The zero-order chi connectivity index (χ0) is 12.4. The van der Waals surface area contributed by atoms with Gasteiger partial charge in [-0.1, -0.05) is 13.3 Å². The molecule has 0 radical (unpaired) electrons. The van der Waals surface area contributed by atoms with Gasteiger partial charge in [0.15, 0.2) is 5.96 Å². The molecule has 0 rings (SSSR count). The molecule has 0 heterocycles. The molecule has 0 fully saturated rings. The van der Waals surface area contributed by atoms with Crippen molar-refractivity contribution in [2.24, 2.45) is 22.2 Å². The number of nitrogens with two attached hydrogens (primary N) is 3. The molecule has 94 valence electrons. The molecule has 0 saturated heterocycles. The monoisotopic (exact) mass is 229 g/mol. The summed E-state index contributed by atoms with van der Waals surface area (Å²) in [6, 6.07) is -0.212. The van der Waals surface area contributed by atoms with Crippen LogP contribution in [0.15, 0.2) is 4.99 Å². The number of rotatable bonds is 9. The zero-order valence-corrected chi connectivity index (χ0v) is 9.86. The van der Waals surface area contributed by atoms with E-state index in [1.54, 1.807) is 0 Å². The zero-order valence-electron chi connectivity index (χ0n) is 9.86. The fourth-order valence-corrected chi connectivity index (χ4v) is 1.38. The van der Waals surface area contributed by atoms with Gasteiger partial charge in [0.25, 0.3) is 0 Å². The van der Waals surface area contributed by atoms with Crippen molar-refractivity contribution in [3.63, 3.8) is 0 Å². The lowest BCUT2D eigenvalue weighted by Gasteiger charge is -2.18. The number of hydrogen-bond acceptors (Lipinski definition) is 4. The molecule has 0 aliphatic rings. The summed E-state index contributed by atoms with van der Waals surface area (Å²) in [5.74, 6) is 0.0818. The van der Waals surface area contributed by atoms with Gasteiger partial charge in [-0.15, -0.1) is 0 Å². The van der Waals surface area contributed by atoms with E-state index in [0.717, 1.165) is 25.5 Å². The van der Waals surface area contributed by atoms with Gasteiger partial charge in [-0.05, 0) is 19.3 Å². The molecule has 0 aromatic rings. The molecule has 0 saturated carbocycles. The first-order valence-electron chi connectivity index (χ1n) is 5.62. The van der Waals surface area contributed by atoms with Gasteiger partial charge in [0.1, 0.15) is 6.29 Å². The van der Waals surface area contributed by atoms with E-state index in [4.69, 9.17) is 17.2 Å². The van der Waals surface area contributed by atoms with E-state index >= 15 is 0 Å². The van der Waals surface area contributed by atoms with E-state index in [0.29, 0.717) is 13.0 Å². The number of hydrogen-bond donors (Lipinski definition) is 4. The number of nitrogens with one attached hydrogen (secondary N) is 1. The van der Waals surface area contributed by atoms with Crippen LogP contribution in [0.4, 0.5) is 0 Å². The average molecular weight is 229 g/mol. The average Bonchev–Trinajstić information content (AvgIpc) is 2.22. The second-order valence-corrected chi connectivity index (χ2v) is 3.75. The normalized spacial score (nSPS) is 14.1. The van der Waals surface area contributed by atoms with Crippen molar-refractivity contribution in [2.45, 2.75) is 44.8 Å². The molecule has 6 heteroatoms. The Bertz CT molecular complexity index is 215. The Morgan fingerprint density at radius 3 is 2.62 bits per heavy atom. The summed E-state index contributed by atoms with van der Waals surface area (Å²) < 4.78 is 0. The number of carbonyl (C=O) groups excluding carboxylic acids is 1. The standard InChI is InChI=1S/C10H23N5O/c1-2-4-9(11)15-8(7-16)5-3-6-14-10(12)13/h7-9,15H,2-6,11H2,1H3,(H4,12,13,14)/t8-,9?/m0/s1. The summed E-state index contributed by atoms with van der Waals surface area (Å²) in [6.07, 6.45) is 4.06. The first-order chi connectivity index (χ1) is 7.60. The number of aldehydes is 1. The minimum absolute atomic E-state index is 0.0818. The van der Waals surface area contributed by atoms with Crippen LogP contribution in [-0.4, -0.2) is 31.0 Å². The first kappa shape index (κ1) is 14.9. The van der Waals surface area contributed by atoms with E-state index in [1.165, 1.54) is 0 Å². The first-order valence-corrected chi connectivity index (χ1v) is 5.62. The molecule has 7 N–H and O–H groups in total. The smallest absolute Gasteiger partial charge is 0.185 e. The maximum Gasteiger partial charge on any atom is 0.185 e. The largest absolute Gasteiger partial charge is 0.370 e. The van der Waals surface area contributed by atoms with Crippen LogP contribution < -0.4 is 22.5 Å². The van der Waals surface area contributed by atoms with Crippen LogP contribution in [0.3, 0.4) is 0 Å². The molecule has 16 heavy (non-hydrogen) atoms. The van der Waals surface area contributed by atoms with E-state index in [1.807, 2.05) is 0 Å². The SMILES string of the molecule is CCCC(N)N[C@H](C=O)CCCN=C(N)N. The van der Waals surface area contributed by atoms with Gasteiger partial charge in [0.05, 0.1) is 12.2 Å². The fourth-order valence-electron chi connectivity index (χ4n) is 1.38. The van der Waals surface area contributed by atoms with Gasteiger partial charge >= 0.3 is 0 Å². The van der Waals surface area contributed by atoms with Crippen LogP contribution in [0.25, 0.3) is 0 Å². The molecule has 0 amide bonds. The van der Waals surface area contributed by atoms with Crippen molar-refractivity contribution in [3.8, 4) is 0 Å². The van der Waals surface area contributed by atoms with Crippen LogP contribution in [-0.2, 0) is 4.79 Å². The molecule has 0 aliphatic heterocycles. The van der Waals surface area contributed by atoms with Gasteiger partial charge in [0.2, 0.25) is 0 Å². The van der Waals surface area contributed by atoms with Crippen LogP contribution in [0.1, 0.15) is 32.6 Å². The highest BCUT2D eigenvalue weighted by atomic mass is 16.1. The Morgan fingerprint density at radius 1 is 1.44 bits per heavy atom. The highest BCUT2D eigenvalue weighted by Gasteiger charge is 2.09. The quantitative estimate of drug-likeness (QED) is 0.137. The van der Waals surface area contributed by atoms with Gasteiger partial charge in [-0.25, -0.2) is 0 Å².